The number of Topliss-reactive ketones (excluding diaryl/α,β-unsaturated/α-hetero) is 2. The Kier molecular flexibility index (Phi) is 16.7. The first-order valence-corrected chi connectivity index (χ1v) is 12.9. The number of aliphatic hydroxyl groups is 1. The van der Waals surface area contributed by atoms with Gasteiger partial charge in [0, 0.05) is 6.42 Å². The summed E-state index contributed by atoms with van der Waals surface area (Å²) in [6.07, 6.45) is -0.364. The van der Waals surface area contributed by atoms with Crippen molar-refractivity contribution in [2.75, 3.05) is 38.4 Å². The van der Waals surface area contributed by atoms with Gasteiger partial charge in [-0.2, -0.15) is 27.0 Å². The molecule has 0 radical (unpaired) electrons. The van der Waals surface area contributed by atoms with Crippen LogP contribution in [0.1, 0.15) is 38.5 Å². The van der Waals surface area contributed by atoms with E-state index in [4.69, 9.17) is 25.7 Å². The summed E-state index contributed by atoms with van der Waals surface area (Å²) in [7, 11) is 1.19. The fourth-order valence-electron chi connectivity index (χ4n) is 3.85. The number of rotatable bonds is 16. The Labute approximate surface area is 268 Å². The van der Waals surface area contributed by atoms with Crippen molar-refractivity contribution in [3.8, 4) is 0 Å². The highest BCUT2D eigenvalue weighted by molar-refractivity contribution is 7.59. The van der Waals surface area contributed by atoms with Crippen molar-refractivity contribution in [2.24, 2.45) is 5.92 Å². The number of aliphatic hydroxyl groups excluding tert-OH is 1. The maximum absolute atomic E-state index is 13.0. The van der Waals surface area contributed by atoms with Crippen LogP contribution in [-0.2, 0) is 37.0 Å². The van der Waals surface area contributed by atoms with Gasteiger partial charge >= 0.3 is 5.97 Å². The molecule has 1 aromatic heterocycles. The number of carbonyl (C=O) groups is 4. The smallest absolute Gasteiger partial charge is 0.311 e. The number of carbonyl (C=O) groups excluding carboxylic acids is 4. The summed E-state index contributed by atoms with van der Waals surface area (Å²) in [5, 5.41) is 11.7. The molecular weight excluding hydrogens is 610 g/mol. The van der Waals surface area contributed by atoms with E-state index in [9.17, 15) is 24.3 Å². The molecule has 1 amide bonds. The fraction of sp³-hybridized carbons (Fsp3) is 0.310. The van der Waals surface area contributed by atoms with Crippen LogP contribution in [0, 0.1) is 5.92 Å². The Hall–Kier alpha value is -4.02. The van der Waals surface area contributed by atoms with E-state index < -0.39 is 59.3 Å². The molecule has 0 aliphatic heterocycles. The van der Waals surface area contributed by atoms with E-state index in [1.165, 1.54) is 7.11 Å². The van der Waals surface area contributed by atoms with E-state index in [-0.39, 0.29) is 65.5 Å². The van der Waals surface area contributed by atoms with Crippen LogP contribution in [0.3, 0.4) is 0 Å². The van der Waals surface area contributed by atoms with Crippen molar-refractivity contribution in [1.82, 2.24) is 15.3 Å². The van der Waals surface area contributed by atoms with Gasteiger partial charge in [-0.25, -0.2) is 9.97 Å². The van der Waals surface area contributed by atoms with Crippen LogP contribution in [0.25, 0.3) is 0 Å². The minimum absolute atomic E-state index is 0. The number of anilines is 2. The number of benzene rings is 2. The number of nitrogens with one attached hydrogen (secondary N) is 1. The van der Waals surface area contributed by atoms with Gasteiger partial charge in [0.15, 0.2) is 34.6 Å². The number of ether oxygens (including phenoxy) is 3. The largest absolute Gasteiger partial charge is 0.469 e. The summed E-state index contributed by atoms with van der Waals surface area (Å²) in [5.74, 6) is -4.74. The Morgan fingerprint density at radius 3 is 1.84 bits per heavy atom. The number of aromatic nitrogens is 2. The van der Waals surface area contributed by atoms with E-state index in [1.54, 1.807) is 0 Å². The topological polar surface area (TPSA) is 206 Å². The molecule has 6 N–H and O–H groups in total. The molecule has 0 spiro atoms. The molecule has 3 rings (SSSR count). The van der Waals surface area contributed by atoms with Gasteiger partial charge in [-0.05, 0) is 11.1 Å². The molecule has 238 valence electrons. The lowest BCUT2D eigenvalue weighted by Gasteiger charge is -2.18. The van der Waals surface area contributed by atoms with Gasteiger partial charge in [-0.1, -0.05) is 60.7 Å². The average molecular weight is 648 g/mol. The molecule has 1 heterocycles. The monoisotopic (exact) mass is 647 g/mol. The molecule has 0 aliphatic carbocycles. The van der Waals surface area contributed by atoms with Crippen LogP contribution in [0.2, 0.25) is 0 Å². The van der Waals surface area contributed by atoms with Crippen molar-refractivity contribution in [2.45, 2.75) is 25.7 Å². The van der Waals surface area contributed by atoms with Crippen molar-refractivity contribution in [3.05, 3.63) is 83.2 Å². The SMILES string of the molecule is COC(=O)[C@H](COCc1ccccc1)CC(=O)c1nc(N)c(C(=O)N[C@@H](COCc2ccccc2)C(=O)CO)nc1N.S.S. The summed E-state index contributed by atoms with van der Waals surface area (Å²) >= 11 is 0. The Morgan fingerprint density at radius 2 is 1.32 bits per heavy atom. The first-order valence-electron chi connectivity index (χ1n) is 12.9. The molecule has 0 bridgehead atoms. The summed E-state index contributed by atoms with van der Waals surface area (Å²) in [6.45, 7) is -0.795. The predicted molar refractivity (Wildman–Crippen MR) is 172 cm³/mol. The zero-order chi connectivity index (χ0) is 30.5. The van der Waals surface area contributed by atoms with Crippen LogP contribution >= 0.6 is 27.0 Å². The minimum atomic E-state index is -1.22. The Balaban J connectivity index is 0.00000484. The van der Waals surface area contributed by atoms with Crippen LogP contribution < -0.4 is 16.8 Å². The number of nitrogens with two attached hydrogens (primary N) is 2. The van der Waals surface area contributed by atoms with Crippen LogP contribution in [0.5, 0.6) is 0 Å². The zero-order valence-electron chi connectivity index (χ0n) is 24.0. The van der Waals surface area contributed by atoms with Crippen molar-refractivity contribution < 1.29 is 38.5 Å². The third kappa shape index (κ3) is 11.2. The zero-order valence-corrected chi connectivity index (χ0v) is 26.0. The predicted octanol–water partition coefficient (Wildman–Crippen LogP) is 1.32. The molecule has 44 heavy (non-hydrogen) atoms. The van der Waals surface area contributed by atoms with E-state index in [2.05, 4.69) is 15.3 Å². The average Bonchev–Trinajstić information content (AvgIpc) is 3.01. The van der Waals surface area contributed by atoms with Gasteiger partial charge in [0.1, 0.15) is 12.6 Å². The molecule has 3 aromatic rings. The van der Waals surface area contributed by atoms with Crippen LogP contribution in [0.4, 0.5) is 11.6 Å². The highest BCUT2D eigenvalue weighted by Crippen LogP contribution is 2.19. The second-order valence-corrected chi connectivity index (χ2v) is 9.19. The summed E-state index contributed by atoms with van der Waals surface area (Å²) < 4.78 is 15.9. The van der Waals surface area contributed by atoms with Gasteiger partial charge in [-0.3, -0.25) is 19.2 Å². The highest BCUT2D eigenvalue weighted by atomic mass is 32.1. The minimum Gasteiger partial charge on any atom is -0.469 e. The normalized spacial score (nSPS) is 11.7. The number of esters is 1. The molecule has 13 nitrogen and oxygen atoms in total. The Morgan fingerprint density at radius 1 is 0.818 bits per heavy atom. The number of ketones is 2. The first kappa shape index (κ1) is 38.0. The number of hydrogen-bond donors (Lipinski definition) is 4. The summed E-state index contributed by atoms with van der Waals surface area (Å²) in [5.41, 5.74) is 12.8. The molecule has 2 atom stereocenters. The number of nitrogens with zero attached hydrogens (tertiary/aromatic N) is 2. The lowest BCUT2D eigenvalue weighted by molar-refractivity contribution is -0.147. The van der Waals surface area contributed by atoms with Crippen LogP contribution in [-0.4, -0.2) is 71.5 Å². The van der Waals surface area contributed by atoms with Gasteiger partial charge in [0.25, 0.3) is 5.91 Å². The van der Waals surface area contributed by atoms with Crippen molar-refractivity contribution in [3.63, 3.8) is 0 Å². The maximum Gasteiger partial charge on any atom is 0.311 e. The molecule has 0 aliphatic rings. The van der Waals surface area contributed by atoms with Crippen molar-refractivity contribution >= 4 is 62.1 Å². The highest BCUT2D eigenvalue weighted by Gasteiger charge is 2.28. The second-order valence-electron chi connectivity index (χ2n) is 9.19. The molecule has 0 saturated carbocycles. The summed E-state index contributed by atoms with van der Waals surface area (Å²) in [6, 6.07) is 17.2. The standard InChI is InChI=1S/C29H33N5O8.2H2S/c1-40-29(39)20(16-41-14-18-8-4-2-5-9-18)12-22(36)24-26(30)34-25(27(31)33-24)28(38)32-21(23(37)13-35)17-42-15-19-10-6-3-7-11-19;;/h2-11,20-21,35H,12-17H2,1H3,(H2,30,34)(H2,31,33)(H,32,38);2*1H2/t20-,21-;;/m0../s1. The molecule has 0 unspecified atom stereocenters. The van der Waals surface area contributed by atoms with Gasteiger partial charge < -0.3 is 36.1 Å². The van der Waals surface area contributed by atoms with E-state index in [1.807, 2.05) is 60.7 Å². The molecule has 0 saturated heterocycles. The molecule has 15 heteroatoms. The third-order valence-corrected chi connectivity index (χ3v) is 6.07. The van der Waals surface area contributed by atoms with E-state index >= 15 is 0 Å². The molecular formula is C29H37N5O8S2. The van der Waals surface area contributed by atoms with Crippen molar-refractivity contribution in [1.29, 1.82) is 0 Å². The van der Waals surface area contributed by atoms with Gasteiger partial charge in [0.2, 0.25) is 0 Å². The lowest BCUT2D eigenvalue weighted by atomic mass is 10.0. The molecule has 2 aromatic carbocycles. The maximum atomic E-state index is 13.0. The van der Waals surface area contributed by atoms with Gasteiger partial charge in [0.05, 0.1) is 39.5 Å². The Bertz CT molecular complexity index is 1280. The fourth-order valence-corrected chi connectivity index (χ4v) is 3.85. The quantitative estimate of drug-likeness (QED) is 0.128. The van der Waals surface area contributed by atoms with E-state index in [0.29, 0.717) is 0 Å². The van der Waals surface area contributed by atoms with Gasteiger partial charge in [-0.15, -0.1) is 0 Å². The number of amides is 1. The number of methoxy groups -OCH3 is 1. The first-order chi connectivity index (χ1) is 20.2. The number of nitrogen functional groups attached to an aromatic ring is 2. The second kappa shape index (κ2) is 19.3. The lowest BCUT2D eigenvalue weighted by Crippen LogP contribution is -2.45. The summed E-state index contributed by atoms with van der Waals surface area (Å²) in [4.78, 5) is 58.3. The van der Waals surface area contributed by atoms with E-state index in [0.717, 1.165) is 11.1 Å². The molecule has 0 fully saturated rings. The number of hydrogen-bond acceptors (Lipinski definition) is 12. The third-order valence-electron chi connectivity index (χ3n) is 6.07. The van der Waals surface area contributed by atoms with Crippen LogP contribution in [0.15, 0.2) is 60.7 Å².